The molecule has 1 amide bonds. The standard InChI is InChI=1S/C27H23NO4S/c1-33-24-10-4-18(5-11-24)16-28-26(30)21-9-8-20-15-25(29)23(14-22(20)13-21)12-17-2-6-19(7-3-17)27(31)32/h2-11,13-15,29H,12,16H2,1H3,(H,28,30)(H,31,32). The second kappa shape index (κ2) is 9.79. The molecule has 4 aromatic carbocycles. The van der Waals surface area contributed by atoms with E-state index in [0.717, 1.165) is 21.9 Å². The predicted molar refractivity (Wildman–Crippen MR) is 131 cm³/mol. The first-order valence-electron chi connectivity index (χ1n) is 10.4. The first kappa shape index (κ1) is 22.4. The van der Waals surface area contributed by atoms with E-state index in [0.29, 0.717) is 24.1 Å². The van der Waals surface area contributed by atoms with Gasteiger partial charge < -0.3 is 15.5 Å². The number of amides is 1. The lowest BCUT2D eigenvalue weighted by Crippen LogP contribution is -2.22. The van der Waals surface area contributed by atoms with Crippen LogP contribution in [0.5, 0.6) is 5.75 Å². The molecule has 0 aliphatic heterocycles. The summed E-state index contributed by atoms with van der Waals surface area (Å²) in [4.78, 5) is 24.9. The zero-order valence-electron chi connectivity index (χ0n) is 18.0. The molecule has 3 N–H and O–H groups in total. The number of hydrogen-bond donors (Lipinski definition) is 3. The minimum Gasteiger partial charge on any atom is -0.508 e. The van der Waals surface area contributed by atoms with Crippen LogP contribution < -0.4 is 5.32 Å². The van der Waals surface area contributed by atoms with E-state index >= 15 is 0 Å². The first-order chi connectivity index (χ1) is 15.9. The van der Waals surface area contributed by atoms with Gasteiger partial charge in [0, 0.05) is 23.4 Å². The molecule has 0 atom stereocenters. The number of benzene rings is 4. The van der Waals surface area contributed by atoms with Crippen LogP contribution in [0.3, 0.4) is 0 Å². The summed E-state index contributed by atoms with van der Waals surface area (Å²) in [6.07, 6.45) is 2.47. The van der Waals surface area contributed by atoms with E-state index < -0.39 is 5.97 Å². The van der Waals surface area contributed by atoms with Crippen molar-refractivity contribution in [1.29, 1.82) is 0 Å². The number of carbonyl (C=O) groups excluding carboxylic acids is 1. The quantitative estimate of drug-likeness (QED) is 0.320. The first-order valence-corrected chi connectivity index (χ1v) is 11.6. The van der Waals surface area contributed by atoms with E-state index in [1.807, 2.05) is 48.7 Å². The Morgan fingerprint density at radius 3 is 2.15 bits per heavy atom. The molecule has 0 unspecified atom stereocenters. The average molecular weight is 458 g/mol. The van der Waals surface area contributed by atoms with E-state index in [4.69, 9.17) is 5.11 Å². The lowest BCUT2D eigenvalue weighted by Gasteiger charge is -2.10. The van der Waals surface area contributed by atoms with Crippen LogP contribution in [0.2, 0.25) is 0 Å². The van der Waals surface area contributed by atoms with Crippen molar-refractivity contribution < 1.29 is 19.8 Å². The maximum Gasteiger partial charge on any atom is 0.335 e. The number of phenolic OH excluding ortho intramolecular Hbond substituents is 1. The van der Waals surface area contributed by atoms with E-state index in [9.17, 15) is 14.7 Å². The highest BCUT2D eigenvalue weighted by molar-refractivity contribution is 7.98. The topological polar surface area (TPSA) is 86.6 Å². The molecule has 4 rings (SSSR count). The van der Waals surface area contributed by atoms with Crippen molar-refractivity contribution in [2.75, 3.05) is 6.26 Å². The normalized spacial score (nSPS) is 10.8. The van der Waals surface area contributed by atoms with Gasteiger partial charge in [-0.1, -0.05) is 30.3 Å². The minimum absolute atomic E-state index is 0.162. The molecular weight excluding hydrogens is 434 g/mol. The summed E-state index contributed by atoms with van der Waals surface area (Å²) in [5.74, 6) is -0.974. The number of rotatable bonds is 7. The molecule has 0 radical (unpaired) electrons. The van der Waals surface area contributed by atoms with E-state index in [2.05, 4.69) is 5.32 Å². The maximum atomic E-state index is 12.7. The van der Waals surface area contributed by atoms with Crippen molar-refractivity contribution in [2.24, 2.45) is 0 Å². The summed E-state index contributed by atoms with van der Waals surface area (Å²) in [5.41, 5.74) is 3.39. The van der Waals surface area contributed by atoms with E-state index in [1.165, 1.54) is 4.90 Å². The van der Waals surface area contributed by atoms with Crippen molar-refractivity contribution in [3.05, 3.63) is 107 Å². The number of carboxylic acids is 1. The molecule has 0 aliphatic carbocycles. The SMILES string of the molecule is CSc1ccc(CNC(=O)c2ccc3cc(O)c(Cc4ccc(C(=O)O)cc4)cc3c2)cc1. The summed E-state index contributed by atoms with van der Waals surface area (Å²) < 4.78 is 0. The number of thioether (sulfide) groups is 1. The summed E-state index contributed by atoms with van der Waals surface area (Å²) in [5, 5.41) is 24.2. The van der Waals surface area contributed by atoms with Gasteiger partial charge >= 0.3 is 5.97 Å². The minimum atomic E-state index is -0.974. The fourth-order valence-corrected chi connectivity index (χ4v) is 4.04. The van der Waals surface area contributed by atoms with Crippen molar-refractivity contribution in [3.63, 3.8) is 0 Å². The molecule has 0 aromatic heterocycles. The van der Waals surface area contributed by atoms with Crippen LogP contribution in [0, 0.1) is 0 Å². The second-order valence-corrected chi connectivity index (χ2v) is 8.63. The molecule has 0 bridgehead atoms. The predicted octanol–water partition coefficient (Wildman–Crippen LogP) is 5.49. The zero-order chi connectivity index (χ0) is 23.4. The van der Waals surface area contributed by atoms with Gasteiger partial charge in [-0.3, -0.25) is 4.79 Å². The van der Waals surface area contributed by atoms with Crippen molar-refractivity contribution >= 4 is 34.4 Å². The highest BCUT2D eigenvalue weighted by Gasteiger charge is 2.10. The van der Waals surface area contributed by atoms with Gasteiger partial charge in [0.05, 0.1) is 5.56 Å². The molecule has 33 heavy (non-hydrogen) atoms. The fourth-order valence-electron chi connectivity index (χ4n) is 3.63. The van der Waals surface area contributed by atoms with Crippen molar-refractivity contribution in [3.8, 4) is 5.75 Å². The summed E-state index contributed by atoms with van der Waals surface area (Å²) >= 11 is 1.68. The number of hydrogen-bond acceptors (Lipinski definition) is 4. The molecule has 6 heteroatoms. The zero-order valence-corrected chi connectivity index (χ0v) is 18.9. The smallest absolute Gasteiger partial charge is 0.335 e. The van der Waals surface area contributed by atoms with Crippen LogP contribution in [-0.2, 0) is 13.0 Å². The number of carboxylic acid groups (broad SMARTS) is 1. The van der Waals surface area contributed by atoms with Crippen molar-refractivity contribution in [1.82, 2.24) is 5.32 Å². The third-order valence-corrected chi connectivity index (χ3v) is 6.25. The molecule has 0 heterocycles. The van der Waals surface area contributed by atoms with Gasteiger partial charge in [-0.25, -0.2) is 4.79 Å². The van der Waals surface area contributed by atoms with E-state index in [1.54, 1.807) is 48.2 Å². The lowest BCUT2D eigenvalue weighted by atomic mass is 9.98. The number of phenols is 1. The molecule has 0 aliphatic rings. The van der Waals surface area contributed by atoms with E-state index in [-0.39, 0.29) is 17.2 Å². The highest BCUT2D eigenvalue weighted by Crippen LogP contribution is 2.28. The Balaban J connectivity index is 1.51. The molecule has 0 spiro atoms. The van der Waals surface area contributed by atoms with Gasteiger partial charge in [0.25, 0.3) is 5.91 Å². The largest absolute Gasteiger partial charge is 0.508 e. The van der Waals surface area contributed by atoms with Crippen LogP contribution in [0.25, 0.3) is 10.8 Å². The summed E-state index contributed by atoms with van der Waals surface area (Å²) in [6, 6.07) is 23.6. The average Bonchev–Trinajstić information content (AvgIpc) is 2.83. The third-order valence-electron chi connectivity index (χ3n) is 5.51. The molecule has 0 saturated carbocycles. The maximum absolute atomic E-state index is 12.7. The Hall–Kier alpha value is -3.77. The Morgan fingerprint density at radius 1 is 0.818 bits per heavy atom. The Morgan fingerprint density at radius 2 is 1.48 bits per heavy atom. The molecule has 166 valence electrons. The third kappa shape index (κ3) is 5.35. The molecule has 5 nitrogen and oxygen atoms in total. The van der Waals surface area contributed by atoms with Crippen LogP contribution in [0.1, 0.15) is 37.4 Å². The Kier molecular flexibility index (Phi) is 6.66. The van der Waals surface area contributed by atoms with Gasteiger partial charge in [0.15, 0.2) is 0 Å². The van der Waals surface area contributed by atoms with Crippen LogP contribution >= 0.6 is 11.8 Å². The number of aromatic carboxylic acids is 1. The fraction of sp³-hybridized carbons (Fsp3) is 0.111. The van der Waals surface area contributed by atoms with Crippen LogP contribution in [0.4, 0.5) is 0 Å². The monoisotopic (exact) mass is 457 g/mol. The van der Waals surface area contributed by atoms with Gasteiger partial charge in [0.1, 0.15) is 5.75 Å². The summed E-state index contributed by atoms with van der Waals surface area (Å²) in [7, 11) is 0. The second-order valence-electron chi connectivity index (χ2n) is 7.75. The number of nitrogens with one attached hydrogen (secondary N) is 1. The number of aromatic hydroxyl groups is 1. The number of fused-ring (bicyclic) bond motifs is 1. The van der Waals surface area contributed by atoms with Gasteiger partial charge in [0.2, 0.25) is 0 Å². The lowest BCUT2D eigenvalue weighted by molar-refractivity contribution is 0.0696. The molecule has 0 saturated heterocycles. The van der Waals surface area contributed by atoms with Crippen LogP contribution in [-0.4, -0.2) is 28.3 Å². The van der Waals surface area contributed by atoms with Gasteiger partial charge in [-0.15, -0.1) is 11.8 Å². The van der Waals surface area contributed by atoms with Gasteiger partial charge in [-0.05, 0) is 82.2 Å². The summed E-state index contributed by atoms with van der Waals surface area (Å²) in [6.45, 7) is 0.443. The number of carbonyl (C=O) groups is 2. The molecular formula is C27H23NO4S. The molecule has 0 fully saturated rings. The highest BCUT2D eigenvalue weighted by atomic mass is 32.2. The van der Waals surface area contributed by atoms with Gasteiger partial charge in [-0.2, -0.15) is 0 Å². The molecule has 4 aromatic rings. The van der Waals surface area contributed by atoms with Crippen LogP contribution in [0.15, 0.2) is 83.8 Å². The Bertz CT molecular complexity index is 1310. The van der Waals surface area contributed by atoms with Crippen molar-refractivity contribution in [2.45, 2.75) is 17.9 Å². The Labute approximate surface area is 196 Å².